The van der Waals surface area contributed by atoms with Crippen LogP contribution in [0, 0.1) is 0 Å². The Bertz CT molecular complexity index is 412. The zero-order chi connectivity index (χ0) is 13.9. The second-order valence-corrected chi connectivity index (χ2v) is 4.94. The van der Waals surface area contributed by atoms with Crippen LogP contribution in [0.15, 0.2) is 0 Å². The van der Waals surface area contributed by atoms with Gasteiger partial charge >= 0.3 is 6.18 Å². The average molecular weight is 296 g/mol. The Hall–Kier alpha value is -0.930. The minimum Gasteiger partial charge on any atom is -0.374 e. The SMILES string of the molecule is CCN1CCOC(CNc2nc(C(F)(F)F)ns2)C1. The summed E-state index contributed by atoms with van der Waals surface area (Å²) in [4.78, 5) is 5.64. The summed E-state index contributed by atoms with van der Waals surface area (Å²) in [5, 5.41) is 3.02. The Morgan fingerprint density at radius 1 is 1.53 bits per heavy atom. The Kier molecular flexibility index (Phi) is 4.58. The molecular weight excluding hydrogens is 281 g/mol. The fourth-order valence-corrected chi connectivity index (χ4v) is 2.40. The van der Waals surface area contributed by atoms with Gasteiger partial charge in [0.05, 0.1) is 12.7 Å². The lowest BCUT2D eigenvalue weighted by molar-refractivity contribution is -0.144. The molecule has 1 aromatic heterocycles. The predicted molar refractivity (Wildman–Crippen MR) is 65.3 cm³/mol. The number of ether oxygens (including phenoxy) is 1. The van der Waals surface area contributed by atoms with E-state index in [1.165, 1.54) is 0 Å². The molecule has 1 aromatic rings. The van der Waals surface area contributed by atoms with Crippen molar-refractivity contribution in [3.63, 3.8) is 0 Å². The van der Waals surface area contributed by atoms with Crippen molar-refractivity contribution in [1.29, 1.82) is 0 Å². The average Bonchev–Trinajstić information content (AvgIpc) is 2.85. The number of rotatable bonds is 4. The zero-order valence-electron chi connectivity index (χ0n) is 10.4. The number of anilines is 1. The highest BCUT2D eigenvalue weighted by molar-refractivity contribution is 7.09. The molecule has 1 atom stereocenters. The van der Waals surface area contributed by atoms with Crippen LogP contribution in [-0.4, -0.2) is 53.1 Å². The number of nitrogens with zero attached hydrogens (tertiary/aromatic N) is 3. The van der Waals surface area contributed by atoms with E-state index in [-0.39, 0.29) is 11.2 Å². The molecule has 0 radical (unpaired) electrons. The van der Waals surface area contributed by atoms with Crippen LogP contribution in [0.25, 0.3) is 0 Å². The summed E-state index contributed by atoms with van der Waals surface area (Å²) in [5.41, 5.74) is 0. The summed E-state index contributed by atoms with van der Waals surface area (Å²) >= 11 is 0.710. The second-order valence-electron chi connectivity index (χ2n) is 4.19. The predicted octanol–water partition coefficient (Wildman–Crippen LogP) is 1.69. The number of halogens is 3. The van der Waals surface area contributed by atoms with Crippen LogP contribution in [0.1, 0.15) is 12.7 Å². The summed E-state index contributed by atoms with van der Waals surface area (Å²) in [7, 11) is 0. The third-order valence-electron chi connectivity index (χ3n) is 2.83. The molecule has 0 bridgehead atoms. The van der Waals surface area contributed by atoms with E-state index in [0.717, 1.165) is 19.6 Å². The number of likely N-dealkylation sites (N-methyl/N-ethyl adjacent to an activating group) is 1. The van der Waals surface area contributed by atoms with Gasteiger partial charge in [0.15, 0.2) is 0 Å². The van der Waals surface area contributed by atoms with E-state index in [9.17, 15) is 13.2 Å². The fraction of sp³-hybridized carbons (Fsp3) is 0.800. The van der Waals surface area contributed by atoms with Crippen LogP contribution in [0.3, 0.4) is 0 Å². The third kappa shape index (κ3) is 4.02. The standard InChI is InChI=1S/C10H15F3N4OS/c1-2-17-3-4-18-7(6-17)5-14-9-15-8(16-19-9)10(11,12)13/h7H,2-6H2,1H3,(H,14,15,16). The van der Waals surface area contributed by atoms with Crippen LogP contribution in [0.5, 0.6) is 0 Å². The Balaban J connectivity index is 1.83. The fourth-order valence-electron chi connectivity index (χ4n) is 1.80. The molecule has 5 nitrogen and oxygen atoms in total. The first-order valence-electron chi connectivity index (χ1n) is 5.97. The maximum absolute atomic E-state index is 12.3. The molecule has 2 rings (SSSR count). The van der Waals surface area contributed by atoms with Crippen molar-refractivity contribution in [3.8, 4) is 0 Å². The maximum atomic E-state index is 12.3. The van der Waals surface area contributed by atoms with E-state index in [4.69, 9.17) is 4.74 Å². The van der Waals surface area contributed by atoms with Gasteiger partial charge in [-0.1, -0.05) is 6.92 Å². The summed E-state index contributed by atoms with van der Waals surface area (Å²) in [5.74, 6) is -1.10. The molecule has 1 fully saturated rings. The molecule has 0 saturated carbocycles. The van der Waals surface area contributed by atoms with Gasteiger partial charge in [-0.15, -0.1) is 0 Å². The van der Waals surface area contributed by atoms with Gasteiger partial charge in [-0.3, -0.25) is 4.90 Å². The van der Waals surface area contributed by atoms with Crippen molar-refractivity contribution in [3.05, 3.63) is 5.82 Å². The van der Waals surface area contributed by atoms with E-state index >= 15 is 0 Å². The largest absolute Gasteiger partial charge is 0.452 e. The van der Waals surface area contributed by atoms with Crippen molar-refractivity contribution in [2.45, 2.75) is 19.2 Å². The first-order valence-corrected chi connectivity index (χ1v) is 6.75. The number of nitrogens with one attached hydrogen (secondary N) is 1. The van der Waals surface area contributed by atoms with Crippen LogP contribution >= 0.6 is 11.5 Å². The van der Waals surface area contributed by atoms with E-state index < -0.39 is 12.0 Å². The minimum atomic E-state index is -4.49. The van der Waals surface area contributed by atoms with Gasteiger partial charge < -0.3 is 10.1 Å². The Morgan fingerprint density at radius 3 is 2.95 bits per heavy atom. The van der Waals surface area contributed by atoms with E-state index in [1.54, 1.807) is 0 Å². The number of aromatic nitrogens is 2. The molecule has 1 N–H and O–H groups in total. The summed E-state index contributed by atoms with van der Waals surface area (Å²) in [6, 6.07) is 0. The molecular formula is C10H15F3N4OS. The quantitative estimate of drug-likeness (QED) is 0.916. The Labute approximate surface area is 112 Å². The lowest BCUT2D eigenvalue weighted by atomic mass is 10.2. The highest BCUT2D eigenvalue weighted by Crippen LogP contribution is 2.28. The molecule has 1 aliphatic heterocycles. The number of alkyl halides is 3. The Morgan fingerprint density at radius 2 is 2.32 bits per heavy atom. The molecule has 2 heterocycles. The summed E-state index contributed by atoms with van der Waals surface area (Å²) in [6.07, 6.45) is -4.52. The normalized spacial score (nSPS) is 21.6. The lowest BCUT2D eigenvalue weighted by Crippen LogP contribution is -2.45. The maximum Gasteiger partial charge on any atom is 0.452 e. The molecule has 0 spiro atoms. The van der Waals surface area contributed by atoms with Gasteiger partial charge in [-0.05, 0) is 6.54 Å². The molecule has 1 saturated heterocycles. The number of hydrogen-bond acceptors (Lipinski definition) is 6. The molecule has 1 unspecified atom stereocenters. The van der Waals surface area contributed by atoms with E-state index in [1.807, 2.05) is 0 Å². The first-order chi connectivity index (χ1) is 8.99. The van der Waals surface area contributed by atoms with Crippen LogP contribution in [0.4, 0.5) is 18.3 Å². The number of morpholine rings is 1. The van der Waals surface area contributed by atoms with Crippen molar-refractivity contribution < 1.29 is 17.9 Å². The first kappa shape index (κ1) is 14.5. The lowest BCUT2D eigenvalue weighted by Gasteiger charge is -2.32. The van der Waals surface area contributed by atoms with Crippen molar-refractivity contribution >= 4 is 16.7 Å². The highest BCUT2D eigenvalue weighted by Gasteiger charge is 2.36. The minimum absolute atomic E-state index is 0.0352. The van der Waals surface area contributed by atoms with Crippen molar-refractivity contribution in [2.75, 3.05) is 38.1 Å². The van der Waals surface area contributed by atoms with Gasteiger partial charge in [0.1, 0.15) is 0 Å². The van der Waals surface area contributed by atoms with E-state index in [0.29, 0.717) is 24.7 Å². The second kappa shape index (κ2) is 6.02. The molecule has 108 valence electrons. The van der Waals surface area contributed by atoms with E-state index in [2.05, 4.69) is 26.5 Å². The molecule has 19 heavy (non-hydrogen) atoms. The van der Waals surface area contributed by atoms with Crippen LogP contribution < -0.4 is 5.32 Å². The monoisotopic (exact) mass is 296 g/mol. The molecule has 0 amide bonds. The zero-order valence-corrected chi connectivity index (χ0v) is 11.2. The topological polar surface area (TPSA) is 50.3 Å². The van der Waals surface area contributed by atoms with Crippen molar-refractivity contribution in [2.24, 2.45) is 0 Å². The van der Waals surface area contributed by atoms with Gasteiger partial charge in [0, 0.05) is 31.2 Å². The summed E-state index contributed by atoms with van der Waals surface area (Å²) < 4.78 is 45.8. The van der Waals surface area contributed by atoms with Gasteiger partial charge in [0.25, 0.3) is 0 Å². The highest BCUT2D eigenvalue weighted by atomic mass is 32.1. The molecule has 9 heteroatoms. The van der Waals surface area contributed by atoms with Gasteiger partial charge in [-0.25, -0.2) is 0 Å². The smallest absolute Gasteiger partial charge is 0.374 e. The van der Waals surface area contributed by atoms with Gasteiger partial charge in [-0.2, -0.15) is 22.5 Å². The molecule has 0 aromatic carbocycles. The summed E-state index contributed by atoms with van der Waals surface area (Å²) in [6.45, 7) is 5.75. The van der Waals surface area contributed by atoms with Gasteiger partial charge in [0.2, 0.25) is 11.0 Å². The van der Waals surface area contributed by atoms with Crippen LogP contribution in [0.2, 0.25) is 0 Å². The number of hydrogen-bond donors (Lipinski definition) is 1. The molecule has 1 aliphatic rings. The van der Waals surface area contributed by atoms with Crippen LogP contribution in [-0.2, 0) is 10.9 Å². The third-order valence-corrected chi connectivity index (χ3v) is 3.50. The van der Waals surface area contributed by atoms with Crippen molar-refractivity contribution in [1.82, 2.24) is 14.3 Å². The molecule has 0 aliphatic carbocycles.